The van der Waals surface area contributed by atoms with E-state index in [0.717, 1.165) is 0 Å². The van der Waals surface area contributed by atoms with Crippen LogP contribution in [0.4, 0.5) is 13.2 Å². The summed E-state index contributed by atoms with van der Waals surface area (Å²) in [5.41, 5.74) is 0.481. The second-order valence-corrected chi connectivity index (χ2v) is 6.25. The number of aryl methyl sites for hydroxylation is 1. The summed E-state index contributed by atoms with van der Waals surface area (Å²) < 4.78 is 67.0. The number of aliphatic hydroxyl groups is 1. The van der Waals surface area contributed by atoms with Crippen molar-refractivity contribution >= 4 is 10.0 Å². The van der Waals surface area contributed by atoms with Gasteiger partial charge in [0.15, 0.2) is 0 Å². The summed E-state index contributed by atoms with van der Waals surface area (Å²) in [7, 11) is -2.95. The average Bonchev–Trinajstić information content (AvgIpc) is 2.36. The molecule has 0 aliphatic heterocycles. The van der Waals surface area contributed by atoms with E-state index in [2.05, 4.69) is 0 Å². The maximum atomic E-state index is 12.5. The highest BCUT2D eigenvalue weighted by molar-refractivity contribution is 7.89. The van der Waals surface area contributed by atoms with Crippen LogP contribution in [0.1, 0.15) is 5.56 Å². The molecule has 21 heavy (non-hydrogen) atoms. The van der Waals surface area contributed by atoms with E-state index in [0.29, 0.717) is 11.3 Å². The first-order chi connectivity index (χ1) is 9.61. The molecule has 0 unspecified atom stereocenters. The maximum Gasteiger partial charge on any atom is 0.402 e. The number of hydrogen-bond acceptors (Lipinski definition) is 4. The minimum absolute atomic E-state index is 0.203. The number of nitrogens with zero attached hydrogens (tertiary/aromatic N) is 1. The van der Waals surface area contributed by atoms with E-state index in [4.69, 9.17) is 9.84 Å². The van der Waals surface area contributed by atoms with E-state index < -0.39 is 35.9 Å². The molecule has 0 atom stereocenters. The zero-order valence-electron chi connectivity index (χ0n) is 11.5. The lowest BCUT2D eigenvalue weighted by atomic mass is 10.2. The molecular formula is C12H16F3NO4S. The van der Waals surface area contributed by atoms with Crippen molar-refractivity contribution < 1.29 is 31.4 Å². The van der Waals surface area contributed by atoms with Gasteiger partial charge in [0.05, 0.1) is 18.6 Å². The van der Waals surface area contributed by atoms with Crippen molar-refractivity contribution in [3.63, 3.8) is 0 Å². The number of hydrogen-bond donors (Lipinski definition) is 1. The zero-order valence-corrected chi connectivity index (χ0v) is 12.3. The van der Waals surface area contributed by atoms with Crippen molar-refractivity contribution in [2.24, 2.45) is 0 Å². The van der Waals surface area contributed by atoms with Gasteiger partial charge in [-0.1, -0.05) is 0 Å². The first-order valence-electron chi connectivity index (χ1n) is 5.94. The number of aliphatic hydroxyl groups excluding tert-OH is 1. The lowest BCUT2D eigenvalue weighted by molar-refractivity contribution is -0.136. The van der Waals surface area contributed by atoms with Crippen LogP contribution in [-0.2, 0) is 10.0 Å². The van der Waals surface area contributed by atoms with Gasteiger partial charge < -0.3 is 9.84 Å². The molecule has 1 aromatic rings. The van der Waals surface area contributed by atoms with E-state index in [9.17, 15) is 21.6 Å². The van der Waals surface area contributed by atoms with Gasteiger partial charge in [-0.15, -0.1) is 0 Å². The van der Waals surface area contributed by atoms with Crippen molar-refractivity contribution in [3.05, 3.63) is 23.8 Å². The Morgan fingerprint density at radius 1 is 1.33 bits per heavy atom. The van der Waals surface area contributed by atoms with Gasteiger partial charge in [-0.25, -0.2) is 8.42 Å². The standard InChI is InChI=1S/C12H16F3NO4S/c1-9-7-10(3-4-11(9)20-2)21(18,19)16(5-6-17)8-12(13,14)15/h3-4,7,17H,5-6,8H2,1-2H3. The second kappa shape index (κ2) is 6.63. The summed E-state index contributed by atoms with van der Waals surface area (Å²) in [6.45, 7) is -1.41. The van der Waals surface area contributed by atoms with Crippen LogP contribution in [-0.4, -0.2) is 50.8 Å². The zero-order chi connectivity index (χ0) is 16.3. The predicted molar refractivity (Wildman–Crippen MR) is 69.6 cm³/mol. The average molecular weight is 327 g/mol. The van der Waals surface area contributed by atoms with E-state index in [1.807, 2.05) is 0 Å². The highest BCUT2D eigenvalue weighted by Gasteiger charge is 2.36. The second-order valence-electron chi connectivity index (χ2n) is 4.31. The number of rotatable bonds is 6. The van der Waals surface area contributed by atoms with E-state index in [1.165, 1.54) is 25.3 Å². The van der Waals surface area contributed by atoms with Crippen molar-refractivity contribution in [1.29, 1.82) is 0 Å². The van der Waals surface area contributed by atoms with Gasteiger partial charge in [0.25, 0.3) is 0 Å². The fourth-order valence-electron chi connectivity index (χ4n) is 1.76. The third kappa shape index (κ3) is 4.58. The first-order valence-corrected chi connectivity index (χ1v) is 7.38. The summed E-state index contributed by atoms with van der Waals surface area (Å²) in [6.07, 6.45) is -4.69. The highest BCUT2D eigenvalue weighted by atomic mass is 32.2. The molecule has 0 aromatic heterocycles. The molecule has 0 fully saturated rings. The van der Waals surface area contributed by atoms with Gasteiger partial charge in [0.2, 0.25) is 10.0 Å². The number of alkyl halides is 3. The van der Waals surface area contributed by atoms with Crippen LogP contribution in [0, 0.1) is 6.92 Å². The van der Waals surface area contributed by atoms with Gasteiger partial charge in [-0.3, -0.25) is 0 Å². The first kappa shape index (κ1) is 17.7. The number of ether oxygens (including phenoxy) is 1. The van der Waals surface area contributed by atoms with Crippen LogP contribution in [0.5, 0.6) is 5.75 Å². The Kier molecular flexibility index (Phi) is 5.60. The molecule has 0 heterocycles. The van der Waals surface area contributed by atoms with E-state index in [1.54, 1.807) is 6.92 Å². The fourth-order valence-corrected chi connectivity index (χ4v) is 3.26. The molecule has 1 rings (SSSR count). The normalized spacial score (nSPS) is 12.7. The number of halogens is 3. The van der Waals surface area contributed by atoms with E-state index in [-0.39, 0.29) is 9.20 Å². The van der Waals surface area contributed by atoms with Crippen molar-refractivity contribution in [2.45, 2.75) is 18.0 Å². The van der Waals surface area contributed by atoms with Gasteiger partial charge >= 0.3 is 6.18 Å². The van der Waals surface area contributed by atoms with E-state index >= 15 is 0 Å². The fraction of sp³-hybridized carbons (Fsp3) is 0.500. The SMILES string of the molecule is COc1ccc(S(=O)(=O)N(CCO)CC(F)(F)F)cc1C. The molecule has 0 bridgehead atoms. The topological polar surface area (TPSA) is 66.8 Å². The predicted octanol–water partition coefficient (Wildman–Crippen LogP) is 1.55. The van der Waals surface area contributed by atoms with Crippen LogP contribution < -0.4 is 4.74 Å². The van der Waals surface area contributed by atoms with Crippen molar-refractivity contribution in [2.75, 3.05) is 26.8 Å². The minimum Gasteiger partial charge on any atom is -0.496 e. The Bertz CT molecular complexity index is 587. The molecule has 1 N–H and O–H groups in total. The Balaban J connectivity index is 3.19. The van der Waals surface area contributed by atoms with Crippen LogP contribution in [0.15, 0.2) is 23.1 Å². The van der Waals surface area contributed by atoms with Gasteiger partial charge in [0, 0.05) is 6.54 Å². The lowest BCUT2D eigenvalue weighted by Crippen LogP contribution is -2.40. The third-order valence-electron chi connectivity index (χ3n) is 2.71. The summed E-state index contributed by atoms with van der Waals surface area (Å²) >= 11 is 0. The summed E-state index contributed by atoms with van der Waals surface area (Å²) in [5.74, 6) is 0.429. The maximum absolute atomic E-state index is 12.5. The molecule has 120 valence electrons. The third-order valence-corrected chi connectivity index (χ3v) is 4.55. The van der Waals surface area contributed by atoms with Crippen LogP contribution in [0.25, 0.3) is 0 Å². The molecule has 0 aliphatic rings. The van der Waals surface area contributed by atoms with Crippen molar-refractivity contribution in [3.8, 4) is 5.75 Å². The lowest BCUT2D eigenvalue weighted by Gasteiger charge is -2.23. The number of benzene rings is 1. The van der Waals surface area contributed by atoms with Crippen LogP contribution in [0.2, 0.25) is 0 Å². The Morgan fingerprint density at radius 3 is 2.38 bits per heavy atom. The van der Waals surface area contributed by atoms with Crippen LogP contribution >= 0.6 is 0 Å². The molecule has 0 aliphatic carbocycles. The molecular weight excluding hydrogens is 311 g/mol. The summed E-state index contributed by atoms with van der Waals surface area (Å²) in [4.78, 5) is -0.279. The molecule has 0 spiro atoms. The number of sulfonamides is 1. The smallest absolute Gasteiger partial charge is 0.402 e. The summed E-state index contributed by atoms with van der Waals surface area (Å²) in [5, 5.41) is 8.79. The molecule has 9 heteroatoms. The van der Waals surface area contributed by atoms with Crippen molar-refractivity contribution in [1.82, 2.24) is 4.31 Å². The van der Waals surface area contributed by atoms with Gasteiger partial charge in [-0.2, -0.15) is 17.5 Å². The molecule has 0 saturated carbocycles. The largest absolute Gasteiger partial charge is 0.496 e. The van der Waals surface area contributed by atoms with Gasteiger partial charge in [0.1, 0.15) is 12.3 Å². The molecule has 0 saturated heterocycles. The Hall–Kier alpha value is -1.32. The molecule has 5 nitrogen and oxygen atoms in total. The quantitative estimate of drug-likeness (QED) is 0.861. The summed E-state index contributed by atoms with van der Waals surface area (Å²) in [6, 6.07) is 3.77. The minimum atomic E-state index is -4.69. The molecule has 0 amide bonds. The monoisotopic (exact) mass is 327 g/mol. The van der Waals surface area contributed by atoms with Gasteiger partial charge in [-0.05, 0) is 30.7 Å². The number of methoxy groups -OCH3 is 1. The molecule has 1 aromatic carbocycles. The Labute approximate surface area is 121 Å². The Morgan fingerprint density at radius 2 is 1.95 bits per heavy atom. The highest BCUT2D eigenvalue weighted by Crippen LogP contribution is 2.26. The van der Waals surface area contributed by atoms with Crippen LogP contribution in [0.3, 0.4) is 0 Å². The molecule has 0 radical (unpaired) electrons.